The Hall–Kier alpha value is -0.570. The first-order valence-electron chi connectivity index (χ1n) is 9.27. The third-order valence-electron chi connectivity index (χ3n) is 5.74. The summed E-state index contributed by atoms with van der Waals surface area (Å²) < 4.78 is 0. The van der Waals surface area contributed by atoms with E-state index in [4.69, 9.17) is 0 Å². The van der Waals surface area contributed by atoms with Gasteiger partial charge in [0.05, 0.1) is 6.54 Å². The predicted molar refractivity (Wildman–Crippen MR) is 86.2 cm³/mol. The number of likely N-dealkylation sites (tertiary alicyclic amines) is 1. The van der Waals surface area contributed by atoms with Gasteiger partial charge >= 0.3 is 0 Å². The van der Waals surface area contributed by atoms with Gasteiger partial charge in [-0.3, -0.25) is 9.69 Å². The van der Waals surface area contributed by atoms with Gasteiger partial charge in [-0.15, -0.1) is 0 Å². The maximum Gasteiger partial charge on any atom is 0.236 e. The monoisotopic (exact) mass is 292 g/mol. The van der Waals surface area contributed by atoms with Crippen molar-refractivity contribution in [3.8, 4) is 0 Å². The number of rotatable bonds is 5. The SMILES string of the molecule is CC1CCCCN1C(=O)CN(CC1CC1)C1CCCCC1. The first-order valence-corrected chi connectivity index (χ1v) is 9.27. The van der Waals surface area contributed by atoms with Crippen LogP contribution < -0.4 is 0 Å². The Kier molecular flexibility index (Phi) is 5.20. The van der Waals surface area contributed by atoms with Crippen LogP contribution in [0.5, 0.6) is 0 Å². The van der Waals surface area contributed by atoms with Crippen molar-refractivity contribution in [3.05, 3.63) is 0 Å². The van der Waals surface area contributed by atoms with Gasteiger partial charge in [-0.25, -0.2) is 0 Å². The number of hydrogen-bond donors (Lipinski definition) is 0. The number of nitrogens with zero attached hydrogens (tertiary/aromatic N) is 2. The standard InChI is InChI=1S/C18H32N2O/c1-15-7-5-6-12-20(15)18(21)14-19(13-16-10-11-16)17-8-3-2-4-9-17/h15-17H,2-14H2,1H3. The lowest BCUT2D eigenvalue weighted by Crippen LogP contribution is -2.49. The normalized spacial score (nSPS) is 28.1. The molecule has 1 unspecified atom stereocenters. The molecule has 1 amide bonds. The molecule has 1 atom stereocenters. The van der Waals surface area contributed by atoms with Crippen LogP contribution in [0.2, 0.25) is 0 Å². The quantitative estimate of drug-likeness (QED) is 0.775. The summed E-state index contributed by atoms with van der Waals surface area (Å²) in [6.45, 7) is 5.08. The number of amides is 1. The molecule has 21 heavy (non-hydrogen) atoms. The van der Waals surface area contributed by atoms with Crippen LogP contribution in [0.25, 0.3) is 0 Å². The molecule has 3 aliphatic rings. The van der Waals surface area contributed by atoms with E-state index in [2.05, 4.69) is 16.7 Å². The Morgan fingerprint density at radius 1 is 1.00 bits per heavy atom. The van der Waals surface area contributed by atoms with E-state index in [0.717, 1.165) is 12.5 Å². The highest BCUT2D eigenvalue weighted by Crippen LogP contribution is 2.32. The van der Waals surface area contributed by atoms with Gasteiger partial charge in [-0.05, 0) is 57.8 Å². The number of carbonyl (C=O) groups excluding carboxylic acids is 1. The van der Waals surface area contributed by atoms with Crippen LogP contribution >= 0.6 is 0 Å². The first kappa shape index (κ1) is 15.3. The van der Waals surface area contributed by atoms with Crippen LogP contribution in [0, 0.1) is 5.92 Å². The van der Waals surface area contributed by atoms with Gasteiger partial charge in [-0.1, -0.05) is 19.3 Å². The second-order valence-electron chi connectivity index (χ2n) is 7.60. The molecule has 0 radical (unpaired) electrons. The average molecular weight is 292 g/mol. The molecular formula is C18H32N2O. The minimum absolute atomic E-state index is 0.397. The van der Waals surface area contributed by atoms with Gasteiger partial charge in [0.25, 0.3) is 0 Å². The van der Waals surface area contributed by atoms with E-state index in [1.807, 2.05) is 0 Å². The Morgan fingerprint density at radius 3 is 2.38 bits per heavy atom. The van der Waals surface area contributed by atoms with Gasteiger partial charge in [0, 0.05) is 25.2 Å². The zero-order valence-electron chi connectivity index (χ0n) is 13.7. The van der Waals surface area contributed by atoms with Crippen molar-refractivity contribution in [1.29, 1.82) is 0 Å². The highest BCUT2D eigenvalue weighted by Gasteiger charge is 2.32. The fourth-order valence-corrected chi connectivity index (χ4v) is 4.15. The van der Waals surface area contributed by atoms with Gasteiger partial charge in [-0.2, -0.15) is 0 Å². The van der Waals surface area contributed by atoms with Crippen molar-refractivity contribution in [2.75, 3.05) is 19.6 Å². The van der Waals surface area contributed by atoms with E-state index in [1.54, 1.807) is 0 Å². The summed E-state index contributed by atoms with van der Waals surface area (Å²) in [5.74, 6) is 1.28. The molecule has 120 valence electrons. The molecule has 1 heterocycles. The highest BCUT2D eigenvalue weighted by atomic mass is 16.2. The molecule has 0 aromatic rings. The summed E-state index contributed by atoms with van der Waals surface area (Å²) in [4.78, 5) is 17.5. The van der Waals surface area contributed by atoms with Crippen LogP contribution in [-0.2, 0) is 4.79 Å². The summed E-state index contributed by atoms with van der Waals surface area (Å²) in [6, 6.07) is 1.14. The molecule has 0 spiro atoms. The van der Waals surface area contributed by atoms with Crippen molar-refractivity contribution in [3.63, 3.8) is 0 Å². The first-order chi connectivity index (χ1) is 10.2. The lowest BCUT2D eigenvalue weighted by Gasteiger charge is -2.38. The maximum absolute atomic E-state index is 12.7. The van der Waals surface area contributed by atoms with Crippen molar-refractivity contribution in [2.24, 2.45) is 5.92 Å². The molecule has 0 N–H and O–H groups in total. The largest absolute Gasteiger partial charge is 0.339 e. The lowest BCUT2D eigenvalue weighted by atomic mass is 9.94. The van der Waals surface area contributed by atoms with Crippen molar-refractivity contribution >= 4 is 5.91 Å². The third kappa shape index (κ3) is 4.21. The molecule has 3 heteroatoms. The summed E-state index contributed by atoms with van der Waals surface area (Å²) >= 11 is 0. The Labute approximate surface area is 130 Å². The summed E-state index contributed by atoms with van der Waals surface area (Å²) in [5, 5.41) is 0. The van der Waals surface area contributed by atoms with Crippen molar-refractivity contribution < 1.29 is 4.79 Å². The number of carbonyl (C=O) groups is 1. The highest BCUT2D eigenvalue weighted by molar-refractivity contribution is 5.78. The second kappa shape index (κ2) is 7.13. The van der Waals surface area contributed by atoms with Crippen LogP contribution in [0.1, 0.15) is 71.1 Å². The number of hydrogen-bond acceptors (Lipinski definition) is 2. The second-order valence-corrected chi connectivity index (χ2v) is 7.60. The molecule has 0 aromatic carbocycles. The van der Waals surface area contributed by atoms with E-state index in [-0.39, 0.29) is 0 Å². The molecule has 3 nitrogen and oxygen atoms in total. The fraction of sp³-hybridized carbons (Fsp3) is 0.944. The topological polar surface area (TPSA) is 23.6 Å². The van der Waals surface area contributed by atoms with Crippen LogP contribution in [0.4, 0.5) is 0 Å². The molecule has 2 saturated carbocycles. The van der Waals surface area contributed by atoms with E-state index in [1.165, 1.54) is 70.8 Å². The van der Waals surface area contributed by atoms with Gasteiger partial charge in [0.1, 0.15) is 0 Å². The van der Waals surface area contributed by atoms with Gasteiger partial charge < -0.3 is 4.90 Å². The Bertz CT molecular complexity index is 347. The molecule has 1 aliphatic heterocycles. The molecule has 1 saturated heterocycles. The molecule has 2 aliphatic carbocycles. The van der Waals surface area contributed by atoms with Gasteiger partial charge in [0.15, 0.2) is 0 Å². The molecule has 0 bridgehead atoms. The Balaban J connectivity index is 1.58. The predicted octanol–water partition coefficient (Wildman–Crippen LogP) is 3.43. The van der Waals surface area contributed by atoms with Crippen molar-refractivity contribution in [1.82, 2.24) is 9.80 Å². The molecule has 3 rings (SSSR count). The minimum atomic E-state index is 0.397. The average Bonchev–Trinajstić information content (AvgIpc) is 3.32. The molecule has 0 aromatic heterocycles. The molecular weight excluding hydrogens is 260 g/mol. The lowest BCUT2D eigenvalue weighted by molar-refractivity contribution is -0.136. The maximum atomic E-state index is 12.7. The van der Waals surface area contributed by atoms with E-state index < -0.39 is 0 Å². The molecule has 3 fully saturated rings. The zero-order chi connectivity index (χ0) is 14.7. The number of piperidine rings is 1. The minimum Gasteiger partial charge on any atom is -0.339 e. The van der Waals surface area contributed by atoms with Gasteiger partial charge in [0.2, 0.25) is 5.91 Å². The van der Waals surface area contributed by atoms with E-state index >= 15 is 0 Å². The van der Waals surface area contributed by atoms with E-state index in [0.29, 0.717) is 24.5 Å². The van der Waals surface area contributed by atoms with Crippen LogP contribution in [-0.4, -0.2) is 47.4 Å². The van der Waals surface area contributed by atoms with Crippen LogP contribution in [0.15, 0.2) is 0 Å². The van der Waals surface area contributed by atoms with Crippen molar-refractivity contribution in [2.45, 2.75) is 83.2 Å². The zero-order valence-corrected chi connectivity index (χ0v) is 13.7. The van der Waals surface area contributed by atoms with E-state index in [9.17, 15) is 4.79 Å². The summed E-state index contributed by atoms with van der Waals surface area (Å²) in [6.07, 6.45) is 13.2. The van der Waals surface area contributed by atoms with Crippen LogP contribution in [0.3, 0.4) is 0 Å². The smallest absolute Gasteiger partial charge is 0.236 e. The Morgan fingerprint density at radius 2 is 1.71 bits per heavy atom. The summed E-state index contributed by atoms with van der Waals surface area (Å²) in [5.41, 5.74) is 0. The summed E-state index contributed by atoms with van der Waals surface area (Å²) in [7, 11) is 0. The fourth-order valence-electron chi connectivity index (χ4n) is 4.15. The third-order valence-corrected chi connectivity index (χ3v) is 5.74.